The summed E-state index contributed by atoms with van der Waals surface area (Å²) in [5, 5.41) is 17.1. The Labute approximate surface area is 344 Å². The monoisotopic (exact) mass is 786 g/mol. The zero-order valence-corrected chi connectivity index (χ0v) is 35.0. The van der Waals surface area contributed by atoms with E-state index in [0.717, 1.165) is 65.8 Å². The summed E-state index contributed by atoms with van der Waals surface area (Å²) in [6.07, 6.45) is 23.7. The summed E-state index contributed by atoms with van der Waals surface area (Å²) in [5.41, 5.74) is 21.4. The van der Waals surface area contributed by atoms with Crippen LogP contribution in [0.2, 0.25) is 0 Å². The molecule has 0 saturated heterocycles. The zero-order chi connectivity index (χ0) is 38.6. The largest absolute Gasteiger partial charge is 0.493 e. The molecule has 0 aliphatic carbocycles. The van der Waals surface area contributed by atoms with Crippen molar-refractivity contribution in [3.05, 3.63) is 160 Å². The molecule has 4 nitrogen and oxygen atoms in total. The number of allylic oxidation sites excluding steroid dienone is 2. The molecule has 0 atom stereocenters. The van der Waals surface area contributed by atoms with Crippen LogP contribution in [-0.4, -0.2) is 14.9 Å². The fraction of sp³-hybridized carbons (Fsp3) is 0.440. The van der Waals surface area contributed by atoms with Gasteiger partial charge in [-0.3, -0.25) is 0 Å². The molecule has 1 aliphatic heterocycles. The number of aryl methyl sites for hydroxylation is 2. The number of unbranched alkanes of at least 4 members (excludes halogenated alkanes) is 11. The quantitative estimate of drug-likeness (QED) is 0.0502. The summed E-state index contributed by atoms with van der Waals surface area (Å²) in [4.78, 5) is 0. The van der Waals surface area contributed by atoms with Crippen LogP contribution in [0.3, 0.4) is 0 Å². The first kappa shape index (κ1) is 47.5. The minimum absolute atomic E-state index is 0. The SMILES string of the molecule is CCCCCCCCc1ccc(C2=CC(CCCC)=C(c3ccc(CCCCCCCC)cc3)[N+]2=[N-])cc1.OCc1ccccc1.OCc1ccccc1.[Ni]. The molecule has 55 heavy (non-hydrogen) atoms. The van der Waals surface area contributed by atoms with Gasteiger partial charge in [0.15, 0.2) is 0 Å². The van der Waals surface area contributed by atoms with Crippen molar-refractivity contribution in [1.29, 1.82) is 0 Å². The predicted molar refractivity (Wildman–Crippen MR) is 230 cm³/mol. The standard InChI is InChI=1S/C36H52N2.2C7H8O.Ni/c1-4-7-10-12-14-16-18-30-21-25-32(26-22-30)35-29-34(20-9-6-3)36(38(35)37)33-27-23-31(24-28-33)19-17-15-13-11-8-5-2;2*8-6-7-4-2-1-3-5-7;/h21-29H,4-20H2,1-3H3;2*1-5,8H,6H2;. The molecule has 1 heterocycles. The van der Waals surface area contributed by atoms with Crippen LogP contribution in [-0.2, 0) is 42.5 Å². The van der Waals surface area contributed by atoms with Gasteiger partial charge < -0.3 is 15.7 Å². The van der Waals surface area contributed by atoms with Crippen molar-refractivity contribution in [1.82, 2.24) is 0 Å². The van der Waals surface area contributed by atoms with Crippen molar-refractivity contribution in [2.75, 3.05) is 0 Å². The Morgan fingerprint density at radius 1 is 0.436 bits per heavy atom. The van der Waals surface area contributed by atoms with Crippen LogP contribution in [0, 0.1) is 0 Å². The van der Waals surface area contributed by atoms with Gasteiger partial charge in [-0.2, -0.15) is 0 Å². The molecule has 0 fully saturated rings. The van der Waals surface area contributed by atoms with Crippen molar-refractivity contribution in [2.45, 2.75) is 143 Å². The van der Waals surface area contributed by atoms with Crippen molar-refractivity contribution >= 4 is 11.4 Å². The third kappa shape index (κ3) is 18.2. The Hall–Kier alpha value is -3.63. The smallest absolute Gasteiger partial charge is 0.210 e. The fourth-order valence-corrected chi connectivity index (χ4v) is 6.68. The maximum atomic E-state index is 11.4. The van der Waals surface area contributed by atoms with Crippen LogP contribution in [0.25, 0.3) is 16.9 Å². The summed E-state index contributed by atoms with van der Waals surface area (Å²) < 4.78 is 1.44. The van der Waals surface area contributed by atoms with Crippen LogP contribution in [0.4, 0.5) is 0 Å². The third-order valence-corrected chi connectivity index (χ3v) is 10.0. The molecule has 0 spiro atoms. The molecule has 300 valence electrons. The van der Waals surface area contributed by atoms with E-state index in [-0.39, 0.29) is 29.7 Å². The fourth-order valence-electron chi connectivity index (χ4n) is 6.68. The Morgan fingerprint density at radius 3 is 1.24 bits per heavy atom. The van der Waals surface area contributed by atoms with E-state index >= 15 is 0 Å². The van der Waals surface area contributed by atoms with E-state index < -0.39 is 0 Å². The van der Waals surface area contributed by atoms with Crippen LogP contribution < -0.4 is 0 Å². The average Bonchev–Trinajstić information content (AvgIpc) is 3.56. The maximum absolute atomic E-state index is 11.4. The van der Waals surface area contributed by atoms with Crippen molar-refractivity contribution in [3.8, 4) is 0 Å². The van der Waals surface area contributed by atoms with Gasteiger partial charge in [-0.15, -0.1) is 0 Å². The molecule has 4 aromatic carbocycles. The first-order chi connectivity index (χ1) is 26.5. The number of hydrogen-bond acceptors (Lipinski definition) is 2. The molecule has 0 aromatic heterocycles. The molecule has 4 aromatic rings. The normalized spacial score (nSPS) is 11.9. The van der Waals surface area contributed by atoms with Crippen molar-refractivity contribution < 1.29 is 31.4 Å². The molecule has 0 amide bonds. The minimum atomic E-state index is 0. The number of aliphatic hydroxyl groups excluding tert-OH is 2. The van der Waals surface area contributed by atoms with Crippen LogP contribution in [0.1, 0.15) is 150 Å². The zero-order valence-electron chi connectivity index (χ0n) is 34.0. The first-order valence-corrected chi connectivity index (χ1v) is 21.0. The first-order valence-electron chi connectivity index (χ1n) is 21.0. The molecular weight excluding hydrogens is 719 g/mol. The molecule has 0 radical (unpaired) electrons. The van der Waals surface area contributed by atoms with Gasteiger partial charge in [0.05, 0.1) is 13.2 Å². The summed E-state index contributed by atoms with van der Waals surface area (Å²) >= 11 is 0. The van der Waals surface area contributed by atoms with Gasteiger partial charge in [0, 0.05) is 39.3 Å². The van der Waals surface area contributed by atoms with E-state index in [1.807, 2.05) is 60.7 Å². The van der Waals surface area contributed by atoms with Gasteiger partial charge in [-0.05, 0) is 85.0 Å². The van der Waals surface area contributed by atoms with E-state index in [1.54, 1.807) is 0 Å². The molecular formula is C50H68N2NiO2. The van der Waals surface area contributed by atoms with Gasteiger partial charge in [0.1, 0.15) is 0 Å². The van der Waals surface area contributed by atoms with Gasteiger partial charge in [0.2, 0.25) is 11.4 Å². The number of nitrogens with zero attached hydrogens (tertiary/aromatic N) is 2. The molecule has 5 heteroatoms. The Kier molecular flexibility index (Phi) is 25.6. The number of aliphatic hydroxyl groups is 2. The van der Waals surface area contributed by atoms with Crippen LogP contribution >= 0.6 is 0 Å². The van der Waals surface area contributed by atoms with Crippen LogP contribution in [0.5, 0.6) is 0 Å². The van der Waals surface area contributed by atoms with Gasteiger partial charge >= 0.3 is 0 Å². The molecule has 0 saturated carbocycles. The van der Waals surface area contributed by atoms with Crippen molar-refractivity contribution in [3.63, 3.8) is 0 Å². The second kappa shape index (κ2) is 29.6. The van der Waals surface area contributed by atoms with E-state index in [9.17, 15) is 5.53 Å². The number of benzene rings is 4. The van der Waals surface area contributed by atoms with Gasteiger partial charge in [0.25, 0.3) is 0 Å². The number of rotatable bonds is 21. The maximum Gasteiger partial charge on any atom is 0.210 e. The molecule has 1 aliphatic rings. The summed E-state index contributed by atoms with van der Waals surface area (Å²) in [6, 6.07) is 36.8. The summed E-state index contributed by atoms with van der Waals surface area (Å²) in [7, 11) is 0. The Bertz CT molecular complexity index is 1590. The van der Waals surface area contributed by atoms with E-state index in [4.69, 9.17) is 10.2 Å². The predicted octanol–water partition coefficient (Wildman–Crippen LogP) is 13.8. The minimum Gasteiger partial charge on any atom is -0.493 e. The average molecular weight is 788 g/mol. The second-order valence-corrected chi connectivity index (χ2v) is 14.5. The van der Waals surface area contributed by atoms with E-state index in [0.29, 0.717) is 0 Å². The Balaban J connectivity index is 0.000000503. The van der Waals surface area contributed by atoms with Crippen LogP contribution in [0.15, 0.2) is 121 Å². The molecule has 5 rings (SSSR count). The Morgan fingerprint density at radius 2 is 0.836 bits per heavy atom. The number of hydrogen-bond donors (Lipinski definition) is 2. The topological polar surface area (TPSA) is 65.8 Å². The van der Waals surface area contributed by atoms with E-state index in [2.05, 4.69) is 75.4 Å². The summed E-state index contributed by atoms with van der Waals surface area (Å²) in [5.74, 6) is 0. The molecule has 0 unspecified atom stereocenters. The van der Waals surface area contributed by atoms with Gasteiger partial charge in [-0.1, -0.05) is 176 Å². The van der Waals surface area contributed by atoms with Crippen molar-refractivity contribution in [2.24, 2.45) is 0 Å². The third-order valence-electron chi connectivity index (χ3n) is 10.0. The molecule has 2 N–H and O–H groups in total. The van der Waals surface area contributed by atoms with E-state index in [1.165, 1.54) is 98.4 Å². The molecule has 0 bridgehead atoms. The second-order valence-electron chi connectivity index (χ2n) is 14.5. The summed E-state index contributed by atoms with van der Waals surface area (Å²) in [6.45, 7) is 7.06. The van der Waals surface area contributed by atoms with Gasteiger partial charge in [-0.25, -0.2) is 4.70 Å².